The van der Waals surface area contributed by atoms with E-state index in [1.807, 2.05) is 25.1 Å². The van der Waals surface area contributed by atoms with Gasteiger partial charge in [0.05, 0.1) is 11.3 Å². The second kappa shape index (κ2) is 10.9. The summed E-state index contributed by atoms with van der Waals surface area (Å²) in [6, 6.07) is 10.3. The minimum atomic E-state index is -3.14. The van der Waals surface area contributed by atoms with Crippen LogP contribution in [0.25, 0.3) is 0 Å². The maximum Gasteiger partial charge on any atom is 0.191 e. The number of halogens is 1. The van der Waals surface area contributed by atoms with Crippen molar-refractivity contribution >= 4 is 39.8 Å². The average molecular weight is 467 g/mol. The van der Waals surface area contributed by atoms with E-state index >= 15 is 0 Å². The topological polar surface area (TPSA) is 70.6 Å². The van der Waals surface area contributed by atoms with Crippen LogP contribution in [0.4, 0.5) is 0 Å². The van der Waals surface area contributed by atoms with Crippen LogP contribution in [0.3, 0.4) is 0 Å². The molecule has 5 nitrogen and oxygen atoms in total. The molecule has 1 aromatic carbocycles. The molecule has 0 spiro atoms. The lowest BCUT2D eigenvalue weighted by molar-refractivity contribution is 0.554. The highest BCUT2D eigenvalue weighted by atomic mass is 127. The van der Waals surface area contributed by atoms with E-state index in [-0.39, 0.29) is 30.5 Å². The fourth-order valence-corrected chi connectivity index (χ4v) is 2.17. The Labute approximate surface area is 163 Å². The van der Waals surface area contributed by atoms with Crippen LogP contribution in [0.15, 0.2) is 35.3 Å². The summed E-state index contributed by atoms with van der Waals surface area (Å²) in [6.45, 7) is 7.15. The third-order valence-corrected chi connectivity index (χ3v) is 5.88. The largest absolute Gasteiger partial charge is 0.357 e. The van der Waals surface area contributed by atoms with Crippen molar-refractivity contribution in [1.82, 2.24) is 10.6 Å². The van der Waals surface area contributed by atoms with Gasteiger partial charge < -0.3 is 10.6 Å². The zero-order chi connectivity index (χ0) is 17.3. The Morgan fingerprint density at radius 3 is 2.33 bits per heavy atom. The van der Waals surface area contributed by atoms with Gasteiger partial charge in [-0.1, -0.05) is 30.3 Å². The van der Waals surface area contributed by atoms with Gasteiger partial charge >= 0.3 is 0 Å². The minimum Gasteiger partial charge on any atom is -0.357 e. The molecule has 0 fully saturated rings. The second-order valence-corrected chi connectivity index (χ2v) is 8.89. The highest BCUT2D eigenvalue weighted by molar-refractivity contribution is 14.0. The Kier molecular flexibility index (Phi) is 10.5. The molecule has 2 N–H and O–H groups in total. The number of hydrogen-bond donors (Lipinski definition) is 2. The van der Waals surface area contributed by atoms with Gasteiger partial charge in [-0.15, -0.1) is 24.0 Å². The lowest BCUT2D eigenvalue weighted by atomic mass is 10.1. The molecule has 0 saturated carbocycles. The van der Waals surface area contributed by atoms with Gasteiger partial charge in [0.1, 0.15) is 0 Å². The summed E-state index contributed by atoms with van der Waals surface area (Å²) >= 11 is 0. The molecule has 1 rings (SSSR count). The highest BCUT2D eigenvalue weighted by Gasteiger charge is 2.29. The number of hydrogen-bond acceptors (Lipinski definition) is 3. The number of aliphatic imine (C=N–C) groups is 1. The third kappa shape index (κ3) is 8.32. The number of nitrogens with zero attached hydrogens (tertiary/aromatic N) is 1. The number of guanidine groups is 1. The van der Waals surface area contributed by atoms with Crippen LogP contribution in [-0.4, -0.2) is 45.0 Å². The van der Waals surface area contributed by atoms with Crippen molar-refractivity contribution in [3.05, 3.63) is 35.9 Å². The first kappa shape index (κ1) is 23.2. The molecule has 0 radical (unpaired) electrons. The molecule has 0 atom stereocenters. The first-order chi connectivity index (χ1) is 10.8. The van der Waals surface area contributed by atoms with Gasteiger partial charge in [0.25, 0.3) is 0 Å². The van der Waals surface area contributed by atoms with Gasteiger partial charge in [-0.2, -0.15) is 0 Å². The average Bonchev–Trinajstić information content (AvgIpc) is 2.49. The molecule has 0 aliphatic carbocycles. The summed E-state index contributed by atoms with van der Waals surface area (Å²) in [4.78, 5) is 4.41. The minimum absolute atomic E-state index is 0. The molecule has 24 heavy (non-hydrogen) atoms. The third-order valence-electron chi connectivity index (χ3n) is 3.74. The van der Waals surface area contributed by atoms with Crippen LogP contribution >= 0.6 is 24.0 Å². The molecule has 0 saturated heterocycles. The summed E-state index contributed by atoms with van der Waals surface area (Å²) in [5.41, 5.74) is 1.31. The summed E-state index contributed by atoms with van der Waals surface area (Å²) in [7, 11) is -3.14. The summed E-state index contributed by atoms with van der Waals surface area (Å²) in [5, 5.41) is 6.41. The van der Waals surface area contributed by atoms with Crippen LogP contribution < -0.4 is 10.6 Å². The summed E-state index contributed by atoms with van der Waals surface area (Å²) in [6.07, 6.45) is 3.24. The molecule has 138 valence electrons. The number of rotatable bonds is 8. The molecular weight excluding hydrogens is 437 g/mol. The summed E-state index contributed by atoms with van der Waals surface area (Å²) in [5.74, 6) is 0.664. The molecule has 0 heterocycles. The number of aryl methyl sites for hydroxylation is 1. The van der Waals surface area contributed by atoms with Crippen molar-refractivity contribution in [2.75, 3.05) is 25.9 Å². The lowest BCUT2D eigenvalue weighted by Crippen LogP contribution is -2.41. The maximum atomic E-state index is 11.7. The van der Waals surface area contributed by atoms with Crippen LogP contribution in [0.1, 0.15) is 32.8 Å². The monoisotopic (exact) mass is 467 g/mol. The van der Waals surface area contributed by atoms with E-state index in [9.17, 15) is 8.42 Å². The predicted molar refractivity (Wildman–Crippen MR) is 113 cm³/mol. The van der Waals surface area contributed by atoms with Crippen molar-refractivity contribution in [1.29, 1.82) is 0 Å². The van der Waals surface area contributed by atoms with E-state index in [0.717, 1.165) is 25.9 Å². The zero-order valence-electron chi connectivity index (χ0n) is 15.0. The predicted octanol–water partition coefficient (Wildman–Crippen LogP) is 2.62. The smallest absolute Gasteiger partial charge is 0.191 e. The molecule has 1 aromatic rings. The van der Waals surface area contributed by atoms with Gasteiger partial charge in [0.2, 0.25) is 0 Å². The molecule has 0 aliphatic rings. The van der Waals surface area contributed by atoms with Gasteiger partial charge in [-0.25, -0.2) is 8.42 Å². The van der Waals surface area contributed by atoms with E-state index in [0.29, 0.717) is 5.96 Å². The quantitative estimate of drug-likeness (QED) is 0.267. The van der Waals surface area contributed by atoms with Crippen molar-refractivity contribution in [2.45, 2.75) is 38.4 Å². The van der Waals surface area contributed by atoms with Gasteiger partial charge in [0, 0.05) is 19.3 Å². The number of benzene rings is 1. The van der Waals surface area contributed by atoms with E-state index < -0.39 is 14.6 Å². The Bertz CT molecular complexity index is 602. The molecule has 0 bridgehead atoms. The van der Waals surface area contributed by atoms with Gasteiger partial charge in [-0.05, 0) is 39.2 Å². The van der Waals surface area contributed by atoms with Crippen molar-refractivity contribution in [2.24, 2.45) is 4.99 Å². The molecule has 7 heteroatoms. The number of sulfone groups is 1. The van der Waals surface area contributed by atoms with Crippen molar-refractivity contribution < 1.29 is 8.42 Å². The van der Waals surface area contributed by atoms with Gasteiger partial charge in [-0.3, -0.25) is 4.99 Å². The fourth-order valence-electron chi connectivity index (χ4n) is 1.87. The molecule has 0 aliphatic heterocycles. The zero-order valence-corrected chi connectivity index (χ0v) is 18.1. The van der Waals surface area contributed by atoms with Crippen LogP contribution in [0.5, 0.6) is 0 Å². The highest BCUT2D eigenvalue weighted by Crippen LogP contribution is 2.15. The normalized spacial score (nSPS) is 12.4. The molecule has 0 unspecified atom stereocenters. The van der Waals surface area contributed by atoms with E-state index in [1.165, 1.54) is 11.8 Å². The van der Waals surface area contributed by atoms with E-state index in [1.54, 1.807) is 13.8 Å². The van der Waals surface area contributed by atoms with Crippen LogP contribution in [-0.2, 0) is 16.3 Å². The Hall–Kier alpha value is -0.830. The van der Waals surface area contributed by atoms with Crippen molar-refractivity contribution in [3.8, 4) is 0 Å². The lowest BCUT2D eigenvalue weighted by Gasteiger charge is -2.21. The number of nitrogens with one attached hydrogen (secondary N) is 2. The van der Waals surface area contributed by atoms with Crippen LogP contribution in [0.2, 0.25) is 0 Å². The van der Waals surface area contributed by atoms with E-state index in [4.69, 9.17) is 0 Å². The Balaban J connectivity index is 0.00000529. The van der Waals surface area contributed by atoms with Crippen molar-refractivity contribution in [3.63, 3.8) is 0 Å². The maximum absolute atomic E-state index is 11.7. The first-order valence-electron chi connectivity index (χ1n) is 8.02. The fraction of sp³-hybridized carbons (Fsp3) is 0.588. The second-order valence-electron chi connectivity index (χ2n) is 6.24. The molecular formula is C17H30IN3O2S. The first-order valence-corrected chi connectivity index (χ1v) is 9.91. The molecule has 0 aromatic heterocycles. The Morgan fingerprint density at radius 2 is 1.79 bits per heavy atom. The SMILES string of the molecule is CCNC(=NCC(C)(C)S(C)(=O)=O)NCCCc1ccccc1.I. The molecule has 0 amide bonds. The standard InChI is InChI=1S/C17H29N3O2S.HI/c1-5-18-16(20-14-17(2,3)23(4,21)22)19-13-9-12-15-10-7-6-8-11-15;/h6-8,10-11H,5,9,12-14H2,1-4H3,(H2,18,19,20);1H. The summed E-state index contributed by atoms with van der Waals surface area (Å²) < 4.78 is 22.6. The van der Waals surface area contributed by atoms with E-state index in [2.05, 4.69) is 27.8 Å². The van der Waals surface area contributed by atoms with Crippen LogP contribution in [0, 0.1) is 0 Å². The Morgan fingerprint density at radius 1 is 1.17 bits per heavy atom. The van der Waals surface area contributed by atoms with Gasteiger partial charge in [0.15, 0.2) is 15.8 Å².